The number of Topliss-reactive ketones (excluding diaryl/α,β-unsaturated/α-hetero) is 2. The molecule has 0 radical (unpaired) electrons. The predicted molar refractivity (Wildman–Crippen MR) is 84.5 cm³/mol. The average Bonchev–Trinajstić information content (AvgIpc) is 2.47. The first-order valence-electron chi connectivity index (χ1n) is 7.17. The largest absolute Gasteiger partial charge is 0.299 e. The van der Waals surface area contributed by atoms with Crippen LogP contribution in [0.4, 0.5) is 0 Å². The lowest BCUT2D eigenvalue weighted by atomic mass is 9.80. The van der Waals surface area contributed by atoms with E-state index in [0.717, 1.165) is 11.1 Å². The summed E-state index contributed by atoms with van der Waals surface area (Å²) in [6.07, 6.45) is 0. The second-order valence-corrected chi connectivity index (χ2v) is 5.52. The third-order valence-electron chi connectivity index (χ3n) is 3.85. The third kappa shape index (κ3) is 3.46. The highest BCUT2D eigenvalue weighted by Crippen LogP contribution is 2.28. The first kappa shape index (κ1) is 15.2. The molecule has 0 aliphatic carbocycles. The maximum Gasteiger partial charge on any atom is 0.173 e. The zero-order valence-electron chi connectivity index (χ0n) is 12.7. The number of hydrogen-bond acceptors (Lipinski definition) is 2. The lowest BCUT2D eigenvalue weighted by molar-refractivity contribution is -0.119. The lowest BCUT2D eigenvalue weighted by Gasteiger charge is -2.21. The molecule has 2 aromatic rings. The number of ketones is 2. The fourth-order valence-electron chi connectivity index (χ4n) is 2.69. The van der Waals surface area contributed by atoms with Gasteiger partial charge in [-0.2, -0.15) is 0 Å². The summed E-state index contributed by atoms with van der Waals surface area (Å²) in [5.41, 5.74) is 2.76. The Morgan fingerprint density at radius 3 is 2.19 bits per heavy atom. The summed E-state index contributed by atoms with van der Waals surface area (Å²) in [5, 5.41) is 0. The molecule has 0 aliphatic heterocycles. The number of carbonyl (C=O) groups excluding carboxylic acids is 2. The molecule has 0 amide bonds. The standard InChI is InChI=1S/C19H20O2/c1-13-8-7-11-17(12-13)14(2)18(15(3)20)19(21)16-9-5-4-6-10-16/h4-12,14,18H,1-3H3. The Morgan fingerprint density at radius 2 is 1.62 bits per heavy atom. The molecule has 2 aromatic carbocycles. The Bertz CT molecular complexity index is 644. The molecular formula is C19H20O2. The van der Waals surface area contributed by atoms with Crippen molar-refractivity contribution in [3.05, 3.63) is 71.3 Å². The molecule has 2 unspecified atom stereocenters. The van der Waals surface area contributed by atoms with E-state index in [0.29, 0.717) is 5.56 Å². The van der Waals surface area contributed by atoms with E-state index in [1.807, 2.05) is 56.3 Å². The SMILES string of the molecule is CC(=O)C(C(=O)c1ccccc1)C(C)c1cccc(C)c1. The normalized spacial score (nSPS) is 13.5. The number of carbonyl (C=O) groups is 2. The Kier molecular flexibility index (Phi) is 4.69. The topological polar surface area (TPSA) is 34.1 Å². The maximum absolute atomic E-state index is 12.7. The van der Waals surface area contributed by atoms with Crippen molar-refractivity contribution in [1.29, 1.82) is 0 Å². The van der Waals surface area contributed by atoms with E-state index in [1.54, 1.807) is 12.1 Å². The zero-order chi connectivity index (χ0) is 15.4. The van der Waals surface area contributed by atoms with Crippen LogP contribution in [-0.4, -0.2) is 11.6 Å². The monoisotopic (exact) mass is 280 g/mol. The van der Waals surface area contributed by atoms with Crippen LogP contribution in [0.25, 0.3) is 0 Å². The van der Waals surface area contributed by atoms with Gasteiger partial charge in [-0.1, -0.05) is 67.1 Å². The van der Waals surface area contributed by atoms with Crippen LogP contribution in [0, 0.1) is 12.8 Å². The summed E-state index contributed by atoms with van der Waals surface area (Å²) >= 11 is 0. The number of aryl methyl sites for hydroxylation is 1. The molecule has 0 aliphatic rings. The van der Waals surface area contributed by atoms with Gasteiger partial charge in [0.2, 0.25) is 0 Å². The summed E-state index contributed by atoms with van der Waals surface area (Å²) < 4.78 is 0. The fourth-order valence-corrected chi connectivity index (χ4v) is 2.69. The Labute approximate surface area is 125 Å². The quantitative estimate of drug-likeness (QED) is 0.608. The predicted octanol–water partition coefficient (Wildman–Crippen LogP) is 4.19. The third-order valence-corrected chi connectivity index (χ3v) is 3.85. The second-order valence-electron chi connectivity index (χ2n) is 5.52. The van der Waals surface area contributed by atoms with Crippen LogP contribution in [0.5, 0.6) is 0 Å². The molecule has 2 atom stereocenters. The first-order chi connectivity index (χ1) is 10.0. The highest BCUT2D eigenvalue weighted by molar-refractivity contribution is 6.10. The smallest absolute Gasteiger partial charge is 0.173 e. The van der Waals surface area contributed by atoms with Crippen molar-refractivity contribution < 1.29 is 9.59 Å². The highest BCUT2D eigenvalue weighted by atomic mass is 16.1. The van der Waals surface area contributed by atoms with Gasteiger partial charge in [0, 0.05) is 5.56 Å². The number of benzene rings is 2. The molecule has 0 saturated heterocycles. The van der Waals surface area contributed by atoms with E-state index in [4.69, 9.17) is 0 Å². The molecular weight excluding hydrogens is 260 g/mol. The molecule has 2 rings (SSSR count). The van der Waals surface area contributed by atoms with Gasteiger partial charge in [-0.15, -0.1) is 0 Å². The van der Waals surface area contributed by atoms with Gasteiger partial charge < -0.3 is 0 Å². The molecule has 0 saturated carbocycles. The average molecular weight is 280 g/mol. The number of hydrogen-bond donors (Lipinski definition) is 0. The van der Waals surface area contributed by atoms with Gasteiger partial charge in [-0.3, -0.25) is 9.59 Å². The lowest BCUT2D eigenvalue weighted by Crippen LogP contribution is -2.27. The van der Waals surface area contributed by atoms with Crippen LogP contribution in [0.3, 0.4) is 0 Å². The van der Waals surface area contributed by atoms with E-state index in [2.05, 4.69) is 0 Å². The second kappa shape index (κ2) is 6.49. The van der Waals surface area contributed by atoms with Crippen molar-refractivity contribution >= 4 is 11.6 Å². The van der Waals surface area contributed by atoms with Crippen LogP contribution in [0.1, 0.15) is 41.3 Å². The van der Waals surface area contributed by atoms with Crippen molar-refractivity contribution in [1.82, 2.24) is 0 Å². The van der Waals surface area contributed by atoms with Gasteiger partial charge in [0.25, 0.3) is 0 Å². The first-order valence-corrected chi connectivity index (χ1v) is 7.17. The van der Waals surface area contributed by atoms with Crippen LogP contribution < -0.4 is 0 Å². The van der Waals surface area contributed by atoms with Gasteiger partial charge in [0.05, 0.1) is 5.92 Å². The molecule has 21 heavy (non-hydrogen) atoms. The van der Waals surface area contributed by atoms with Crippen molar-refractivity contribution in [2.45, 2.75) is 26.7 Å². The van der Waals surface area contributed by atoms with Gasteiger partial charge in [0.15, 0.2) is 5.78 Å². The Morgan fingerprint density at radius 1 is 0.952 bits per heavy atom. The molecule has 0 aromatic heterocycles. The van der Waals surface area contributed by atoms with Gasteiger partial charge >= 0.3 is 0 Å². The summed E-state index contributed by atoms with van der Waals surface area (Å²) in [6.45, 7) is 5.46. The maximum atomic E-state index is 12.7. The van der Waals surface area contributed by atoms with E-state index >= 15 is 0 Å². The fraction of sp³-hybridized carbons (Fsp3) is 0.263. The Hall–Kier alpha value is -2.22. The molecule has 0 fully saturated rings. The van der Waals surface area contributed by atoms with Gasteiger partial charge in [0.1, 0.15) is 5.78 Å². The molecule has 0 spiro atoms. The van der Waals surface area contributed by atoms with E-state index in [-0.39, 0.29) is 17.5 Å². The van der Waals surface area contributed by atoms with Crippen molar-refractivity contribution in [2.24, 2.45) is 5.92 Å². The van der Waals surface area contributed by atoms with Crippen molar-refractivity contribution in [2.75, 3.05) is 0 Å². The van der Waals surface area contributed by atoms with Crippen molar-refractivity contribution in [3.63, 3.8) is 0 Å². The van der Waals surface area contributed by atoms with E-state index in [1.165, 1.54) is 6.92 Å². The van der Waals surface area contributed by atoms with Crippen LogP contribution >= 0.6 is 0 Å². The number of rotatable bonds is 5. The molecule has 2 heteroatoms. The summed E-state index contributed by atoms with van der Waals surface area (Å²) in [7, 11) is 0. The molecule has 0 heterocycles. The van der Waals surface area contributed by atoms with Crippen molar-refractivity contribution in [3.8, 4) is 0 Å². The van der Waals surface area contributed by atoms with E-state index < -0.39 is 5.92 Å². The minimum atomic E-state index is -0.630. The molecule has 0 N–H and O–H groups in total. The van der Waals surface area contributed by atoms with Gasteiger partial charge in [-0.05, 0) is 25.3 Å². The van der Waals surface area contributed by atoms with Crippen LogP contribution in [0.15, 0.2) is 54.6 Å². The molecule has 108 valence electrons. The molecule has 0 bridgehead atoms. The van der Waals surface area contributed by atoms with Crippen LogP contribution in [-0.2, 0) is 4.79 Å². The zero-order valence-corrected chi connectivity index (χ0v) is 12.7. The minimum absolute atomic E-state index is 0.0853. The van der Waals surface area contributed by atoms with Gasteiger partial charge in [-0.25, -0.2) is 0 Å². The summed E-state index contributed by atoms with van der Waals surface area (Å²) in [5.74, 6) is -0.945. The Balaban J connectivity index is 2.35. The minimum Gasteiger partial charge on any atom is -0.299 e. The summed E-state index contributed by atoms with van der Waals surface area (Å²) in [4.78, 5) is 24.7. The summed E-state index contributed by atoms with van der Waals surface area (Å²) in [6, 6.07) is 17.0. The molecule has 2 nitrogen and oxygen atoms in total. The van der Waals surface area contributed by atoms with Crippen LogP contribution in [0.2, 0.25) is 0 Å². The highest BCUT2D eigenvalue weighted by Gasteiger charge is 2.31. The van der Waals surface area contributed by atoms with E-state index in [9.17, 15) is 9.59 Å².